The molecule has 1 atom stereocenters. The third-order valence-corrected chi connectivity index (χ3v) is 2.96. The minimum Gasteiger partial charge on any atom is -0.468 e. The summed E-state index contributed by atoms with van der Waals surface area (Å²) in [6.07, 6.45) is 0. The molecule has 0 saturated carbocycles. The van der Waals surface area contributed by atoms with Gasteiger partial charge in [0.2, 0.25) is 0 Å². The lowest BCUT2D eigenvalue weighted by Gasteiger charge is -2.07. The summed E-state index contributed by atoms with van der Waals surface area (Å²) in [6.45, 7) is 0. The number of hydrogen-bond acceptors (Lipinski definition) is 5. The summed E-state index contributed by atoms with van der Waals surface area (Å²) < 4.78 is 9.64. The number of thioether (sulfide) groups is 1. The van der Waals surface area contributed by atoms with Crippen molar-refractivity contribution in [2.75, 3.05) is 12.9 Å². The standard InChI is InChI=1S/C9H12ClNO3S/c1-13-9(12)7(11)5-15-4-6-2-3-8(10)14-6/h2-3,7H,4-5,11H2,1H3. The van der Waals surface area contributed by atoms with Crippen molar-refractivity contribution in [2.45, 2.75) is 11.8 Å². The Morgan fingerprint density at radius 3 is 3.00 bits per heavy atom. The van der Waals surface area contributed by atoms with Crippen molar-refractivity contribution in [1.82, 2.24) is 0 Å². The summed E-state index contributed by atoms with van der Waals surface area (Å²) in [5.74, 6) is 1.49. The van der Waals surface area contributed by atoms with Crippen LogP contribution in [0.1, 0.15) is 5.76 Å². The van der Waals surface area contributed by atoms with Crippen LogP contribution < -0.4 is 5.73 Å². The van der Waals surface area contributed by atoms with Crippen LogP contribution in [0.5, 0.6) is 0 Å². The third kappa shape index (κ3) is 4.15. The highest BCUT2D eigenvalue weighted by Crippen LogP contribution is 2.18. The highest BCUT2D eigenvalue weighted by molar-refractivity contribution is 7.98. The summed E-state index contributed by atoms with van der Waals surface area (Å²) in [7, 11) is 1.32. The molecule has 84 valence electrons. The molecule has 0 aliphatic rings. The second-order valence-corrected chi connectivity index (χ2v) is 4.25. The van der Waals surface area contributed by atoms with E-state index in [9.17, 15) is 4.79 Å². The zero-order chi connectivity index (χ0) is 11.3. The zero-order valence-corrected chi connectivity index (χ0v) is 9.81. The van der Waals surface area contributed by atoms with E-state index in [1.54, 1.807) is 12.1 Å². The molecule has 1 unspecified atom stereocenters. The van der Waals surface area contributed by atoms with Crippen molar-refractivity contribution in [3.05, 3.63) is 23.1 Å². The van der Waals surface area contributed by atoms with Gasteiger partial charge in [0.1, 0.15) is 11.8 Å². The minimum atomic E-state index is -0.592. The van der Waals surface area contributed by atoms with Crippen LogP contribution in [-0.4, -0.2) is 24.9 Å². The third-order valence-electron chi connectivity index (χ3n) is 1.67. The normalized spacial score (nSPS) is 12.5. The Kier molecular flexibility index (Phi) is 5.01. The number of carbonyl (C=O) groups excluding carboxylic acids is 1. The lowest BCUT2D eigenvalue weighted by atomic mass is 10.4. The van der Waals surface area contributed by atoms with Gasteiger partial charge in [0.25, 0.3) is 0 Å². The number of carbonyl (C=O) groups is 1. The first-order chi connectivity index (χ1) is 7.13. The molecule has 1 heterocycles. The molecular formula is C9H12ClNO3S. The predicted octanol–water partition coefficient (Wildman–Crippen LogP) is 1.67. The van der Waals surface area contributed by atoms with Crippen molar-refractivity contribution >= 4 is 29.3 Å². The number of rotatable bonds is 5. The minimum absolute atomic E-state index is 0.364. The molecule has 0 bridgehead atoms. The summed E-state index contributed by atoms with van der Waals surface area (Å²) in [4.78, 5) is 11.0. The van der Waals surface area contributed by atoms with Gasteiger partial charge in [0.05, 0.1) is 12.9 Å². The first-order valence-corrected chi connectivity index (χ1v) is 5.82. The van der Waals surface area contributed by atoms with Crippen LogP contribution in [0.3, 0.4) is 0 Å². The van der Waals surface area contributed by atoms with Crippen LogP contribution in [0.25, 0.3) is 0 Å². The van der Waals surface area contributed by atoms with Crippen molar-refractivity contribution < 1.29 is 13.9 Å². The highest BCUT2D eigenvalue weighted by atomic mass is 35.5. The smallest absolute Gasteiger partial charge is 0.323 e. The van der Waals surface area contributed by atoms with Gasteiger partial charge in [-0.3, -0.25) is 4.79 Å². The molecule has 0 saturated heterocycles. The molecular weight excluding hydrogens is 238 g/mol. The molecule has 1 rings (SSSR count). The molecule has 15 heavy (non-hydrogen) atoms. The van der Waals surface area contributed by atoms with Crippen LogP contribution in [0.15, 0.2) is 16.5 Å². The fraction of sp³-hybridized carbons (Fsp3) is 0.444. The molecule has 1 aromatic heterocycles. The Hall–Kier alpha value is -0.650. The van der Waals surface area contributed by atoms with Gasteiger partial charge in [0, 0.05) is 5.75 Å². The average Bonchev–Trinajstić information content (AvgIpc) is 2.63. The van der Waals surface area contributed by atoms with Gasteiger partial charge < -0.3 is 14.9 Å². The van der Waals surface area contributed by atoms with Gasteiger partial charge in [-0.1, -0.05) is 0 Å². The number of ether oxygens (including phenoxy) is 1. The molecule has 4 nitrogen and oxygen atoms in total. The average molecular weight is 250 g/mol. The Morgan fingerprint density at radius 2 is 2.47 bits per heavy atom. The Morgan fingerprint density at radius 1 is 1.73 bits per heavy atom. The first kappa shape index (κ1) is 12.4. The van der Waals surface area contributed by atoms with E-state index in [0.717, 1.165) is 5.76 Å². The monoisotopic (exact) mass is 249 g/mol. The van der Waals surface area contributed by atoms with Gasteiger partial charge in [-0.25, -0.2) is 0 Å². The quantitative estimate of drug-likeness (QED) is 0.804. The molecule has 0 amide bonds. The van der Waals surface area contributed by atoms with E-state index in [-0.39, 0.29) is 0 Å². The predicted molar refractivity (Wildman–Crippen MR) is 59.9 cm³/mol. The maximum atomic E-state index is 11.0. The van der Waals surface area contributed by atoms with Crippen molar-refractivity contribution in [1.29, 1.82) is 0 Å². The van der Waals surface area contributed by atoms with Crippen molar-refractivity contribution in [2.24, 2.45) is 5.73 Å². The van der Waals surface area contributed by atoms with Crippen LogP contribution in [0.2, 0.25) is 5.22 Å². The number of hydrogen-bond donors (Lipinski definition) is 1. The first-order valence-electron chi connectivity index (χ1n) is 4.29. The summed E-state index contributed by atoms with van der Waals surface area (Å²) in [5, 5.41) is 0.364. The molecule has 0 radical (unpaired) electrons. The number of furan rings is 1. The van der Waals surface area contributed by atoms with Gasteiger partial charge in [0.15, 0.2) is 5.22 Å². The molecule has 0 fully saturated rings. The van der Waals surface area contributed by atoms with E-state index in [2.05, 4.69) is 4.74 Å². The Labute approximate surface area is 97.1 Å². The van der Waals surface area contributed by atoms with Crippen LogP contribution >= 0.6 is 23.4 Å². The fourth-order valence-electron chi connectivity index (χ4n) is 0.935. The summed E-state index contributed by atoms with van der Waals surface area (Å²) in [6, 6.07) is 2.88. The zero-order valence-electron chi connectivity index (χ0n) is 8.23. The van der Waals surface area contributed by atoms with Gasteiger partial charge in [-0.2, -0.15) is 11.8 Å². The molecule has 2 N–H and O–H groups in total. The molecule has 0 aromatic carbocycles. The highest BCUT2D eigenvalue weighted by Gasteiger charge is 2.13. The molecule has 0 aliphatic carbocycles. The number of esters is 1. The van der Waals surface area contributed by atoms with E-state index in [4.69, 9.17) is 21.8 Å². The van der Waals surface area contributed by atoms with Crippen LogP contribution in [0.4, 0.5) is 0 Å². The van der Waals surface area contributed by atoms with Crippen LogP contribution in [0, 0.1) is 0 Å². The lowest BCUT2D eigenvalue weighted by Crippen LogP contribution is -2.33. The van der Waals surface area contributed by atoms with Crippen molar-refractivity contribution in [3.8, 4) is 0 Å². The maximum absolute atomic E-state index is 11.0. The second-order valence-electron chi connectivity index (χ2n) is 2.85. The van der Waals surface area contributed by atoms with Gasteiger partial charge in [-0.05, 0) is 23.7 Å². The molecule has 0 spiro atoms. The molecule has 0 aliphatic heterocycles. The van der Waals surface area contributed by atoms with E-state index in [0.29, 0.717) is 16.7 Å². The number of methoxy groups -OCH3 is 1. The Bertz CT molecular complexity index is 329. The molecule has 6 heteroatoms. The topological polar surface area (TPSA) is 65.5 Å². The molecule has 1 aromatic rings. The van der Waals surface area contributed by atoms with Gasteiger partial charge >= 0.3 is 5.97 Å². The lowest BCUT2D eigenvalue weighted by molar-refractivity contribution is -0.141. The van der Waals surface area contributed by atoms with Crippen molar-refractivity contribution in [3.63, 3.8) is 0 Å². The SMILES string of the molecule is COC(=O)C(N)CSCc1ccc(Cl)o1. The summed E-state index contributed by atoms with van der Waals surface area (Å²) >= 11 is 7.09. The van der Waals surface area contributed by atoms with Gasteiger partial charge in [-0.15, -0.1) is 0 Å². The Balaban J connectivity index is 2.24. The number of halogens is 1. The summed E-state index contributed by atoms with van der Waals surface area (Å²) in [5.41, 5.74) is 5.55. The second kappa shape index (κ2) is 6.05. The largest absolute Gasteiger partial charge is 0.468 e. The van der Waals surface area contributed by atoms with E-state index in [1.165, 1.54) is 18.9 Å². The van der Waals surface area contributed by atoms with E-state index < -0.39 is 12.0 Å². The van der Waals surface area contributed by atoms with Crippen LogP contribution in [-0.2, 0) is 15.3 Å². The maximum Gasteiger partial charge on any atom is 0.323 e. The number of nitrogens with two attached hydrogens (primary N) is 1. The van der Waals surface area contributed by atoms with E-state index >= 15 is 0 Å². The van der Waals surface area contributed by atoms with E-state index in [1.807, 2.05) is 0 Å². The fourth-order valence-corrected chi connectivity index (χ4v) is 1.96.